The fourth-order valence-corrected chi connectivity index (χ4v) is 6.99. The van der Waals surface area contributed by atoms with Gasteiger partial charge in [0.15, 0.2) is 34.7 Å². The lowest BCUT2D eigenvalue weighted by atomic mass is 9.52. The summed E-state index contributed by atoms with van der Waals surface area (Å²) >= 11 is 0. The molecule has 204 valence electrons. The third-order valence-electron chi connectivity index (χ3n) is 8.68. The number of fused-ring (bicyclic) bond motifs is 3. The molecule has 7 atom stereocenters. The molecule has 4 N–H and O–H groups in total. The van der Waals surface area contributed by atoms with Gasteiger partial charge in [-0.05, 0) is 45.3 Å². The third-order valence-corrected chi connectivity index (χ3v) is 8.68. The van der Waals surface area contributed by atoms with Gasteiger partial charge in [-0.25, -0.2) is 8.78 Å². The Balaban J connectivity index is 1.57. The molecule has 1 amide bonds. The zero-order chi connectivity index (χ0) is 27.8. The number of nitrogens with two attached hydrogens (primary N) is 1. The van der Waals surface area contributed by atoms with Gasteiger partial charge >= 0.3 is 0 Å². The second-order valence-electron chi connectivity index (χ2n) is 11.1. The first kappa shape index (κ1) is 26.5. The van der Waals surface area contributed by atoms with Crippen LogP contribution in [0.15, 0.2) is 6.07 Å². The zero-order valence-corrected chi connectivity index (χ0v) is 20.9. The van der Waals surface area contributed by atoms with Gasteiger partial charge in [0, 0.05) is 36.7 Å². The molecule has 38 heavy (non-hydrogen) atoms. The highest BCUT2D eigenvalue weighted by atomic mass is 19.1. The van der Waals surface area contributed by atoms with Crippen molar-refractivity contribution in [3.63, 3.8) is 0 Å². The highest BCUT2D eigenvalue weighted by Gasteiger charge is 2.69. The van der Waals surface area contributed by atoms with Crippen LogP contribution in [-0.2, 0) is 32.1 Å². The number of amides is 1. The van der Waals surface area contributed by atoms with E-state index in [-0.39, 0.29) is 37.1 Å². The first-order valence-corrected chi connectivity index (χ1v) is 12.5. The minimum absolute atomic E-state index is 0.0247. The number of Topliss-reactive ketones (excluding diaryl/α,β-unsaturated/α-hetero) is 4. The van der Waals surface area contributed by atoms with Gasteiger partial charge in [0.25, 0.3) is 0 Å². The van der Waals surface area contributed by atoms with Gasteiger partial charge in [-0.1, -0.05) is 0 Å². The number of likely N-dealkylation sites (tertiary alicyclic amines) is 1. The minimum Gasteiger partial charge on any atom is -0.507 e. The van der Waals surface area contributed by atoms with Crippen LogP contribution in [0.25, 0.3) is 0 Å². The van der Waals surface area contributed by atoms with E-state index in [1.165, 1.54) is 19.0 Å². The molecule has 2 saturated carbocycles. The van der Waals surface area contributed by atoms with E-state index in [0.717, 1.165) is 6.07 Å². The van der Waals surface area contributed by atoms with Crippen molar-refractivity contribution in [1.82, 2.24) is 9.80 Å². The Hall–Kier alpha value is -3.09. The normalized spacial score (nSPS) is 35.3. The molecule has 0 radical (unpaired) electrons. The number of primary amides is 1. The maximum absolute atomic E-state index is 15.7. The van der Waals surface area contributed by atoms with E-state index < -0.39 is 87.7 Å². The molecule has 0 bridgehead atoms. The van der Waals surface area contributed by atoms with E-state index in [0.29, 0.717) is 13.0 Å². The molecule has 1 aromatic carbocycles. The van der Waals surface area contributed by atoms with Gasteiger partial charge in [-0.2, -0.15) is 0 Å². The summed E-state index contributed by atoms with van der Waals surface area (Å²) in [5, 5.41) is 22.2. The van der Waals surface area contributed by atoms with Crippen LogP contribution in [-0.4, -0.2) is 94.1 Å². The van der Waals surface area contributed by atoms with Crippen molar-refractivity contribution in [1.29, 1.82) is 0 Å². The number of likely N-dealkylation sites (N-methyl/N-ethyl adjacent to an activating group) is 1. The zero-order valence-electron chi connectivity index (χ0n) is 20.9. The first-order chi connectivity index (χ1) is 17.8. The number of alkyl halides is 1. The van der Waals surface area contributed by atoms with E-state index in [1.54, 1.807) is 4.90 Å². The number of phenolic OH excluding ortho intramolecular Hbond substituents is 1. The third kappa shape index (κ3) is 3.64. The summed E-state index contributed by atoms with van der Waals surface area (Å²) in [5.74, 6) is -12.7. The maximum Gasteiger partial charge on any atom is 0.235 e. The van der Waals surface area contributed by atoms with Crippen molar-refractivity contribution in [2.45, 2.75) is 43.6 Å². The van der Waals surface area contributed by atoms with E-state index in [9.17, 15) is 38.6 Å². The van der Waals surface area contributed by atoms with Gasteiger partial charge < -0.3 is 15.9 Å². The van der Waals surface area contributed by atoms with Crippen molar-refractivity contribution < 1.29 is 43.0 Å². The van der Waals surface area contributed by atoms with Gasteiger partial charge in [0.2, 0.25) is 5.91 Å². The van der Waals surface area contributed by atoms with E-state index >= 15 is 4.39 Å². The molecule has 4 aliphatic rings. The first-order valence-electron chi connectivity index (χ1n) is 12.5. The molecule has 1 aromatic rings. The quantitative estimate of drug-likeness (QED) is 0.436. The predicted octanol–water partition coefficient (Wildman–Crippen LogP) is -0.450. The topological polar surface area (TPSA) is 158 Å². The van der Waals surface area contributed by atoms with E-state index in [1.807, 2.05) is 0 Å². The van der Waals surface area contributed by atoms with Crippen LogP contribution in [0.4, 0.5) is 8.78 Å². The molecular weight excluding hydrogens is 504 g/mol. The molecular formula is C26H29F2N3O7. The Morgan fingerprint density at radius 3 is 2.50 bits per heavy atom. The number of carbonyl (C=O) groups excluding carboxylic acids is 5. The minimum atomic E-state index is -2.83. The standard InChI is InChI=1S/C26H29F2N3O7/c1-30(2)20-14-6-10-5-13-17(15(32)7-11(19(13)28)8-31-4-3-12(27)9-31)21(33)16(10)23(35)26(14,38)24(36)18(22(20)34)25(29)37/h7,10,12,14,16,18,20,32,38H,3-6,8-9H2,1-2H3,(H2,29,37)/t10-,12-,14-,16?,18?,20-,26-/m0/s1. The van der Waals surface area contributed by atoms with Crippen molar-refractivity contribution in [3.05, 3.63) is 28.6 Å². The fraction of sp³-hybridized carbons (Fsp3) is 0.577. The highest BCUT2D eigenvalue weighted by molar-refractivity contribution is 6.32. The highest BCUT2D eigenvalue weighted by Crippen LogP contribution is 2.51. The number of hydrogen-bond donors (Lipinski definition) is 3. The molecule has 3 aliphatic carbocycles. The van der Waals surface area contributed by atoms with Crippen LogP contribution >= 0.6 is 0 Å². The number of phenols is 1. The summed E-state index contributed by atoms with van der Waals surface area (Å²) in [5.41, 5.74) is 2.05. The molecule has 0 aromatic heterocycles. The lowest BCUT2D eigenvalue weighted by molar-refractivity contribution is -0.181. The predicted molar refractivity (Wildman–Crippen MR) is 126 cm³/mol. The Morgan fingerprint density at radius 2 is 1.92 bits per heavy atom. The molecule has 12 heteroatoms. The molecule has 1 aliphatic heterocycles. The van der Waals surface area contributed by atoms with Crippen LogP contribution in [0.5, 0.6) is 5.75 Å². The van der Waals surface area contributed by atoms with Crippen LogP contribution < -0.4 is 5.73 Å². The molecule has 1 saturated heterocycles. The number of aliphatic hydroxyl groups is 1. The van der Waals surface area contributed by atoms with Gasteiger partial charge in [-0.3, -0.25) is 33.8 Å². The average molecular weight is 534 g/mol. The molecule has 1 heterocycles. The monoisotopic (exact) mass is 533 g/mol. The number of rotatable bonds is 4. The summed E-state index contributed by atoms with van der Waals surface area (Å²) in [4.78, 5) is 68.7. The summed E-state index contributed by atoms with van der Waals surface area (Å²) in [7, 11) is 2.97. The van der Waals surface area contributed by atoms with Crippen LogP contribution in [0, 0.1) is 29.5 Å². The lowest BCUT2D eigenvalue weighted by Crippen LogP contribution is -2.74. The summed E-state index contributed by atoms with van der Waals surface area (Å²) in [6, 6.07) is -0.150. The van der Waals surface area contributed by atoms with Crippen molar-refractivity contribution >= 4 is 29.0 Å². The molecule has 2 unspecified atom stereocenters. The Kier molecular flexibility index (Phi) is 6.27. The van der Waals surface area contributed by atoms with Gasteiger partial charge in [0.1, 0.15) is 17.7 Å². The molecule has 5 rings (SSSR count). The second kappa shape index (κ2) is 8.99. The Labute approximate surface area is 216 Å². The van der Waals surface area contributed by atoms with Crippen molar-refractivity contribution in [3.8, 4) is 5.75 Å². The van der Waals surface area contributed by atoms with Gasteiger partial charge in [-0.15, -0.1) is 0 Å². The van der Waals surface area contributed by atoms with Crippen molar-refractivity contribution in [2.75, 3.05) is 27.2 Å². The number of nitrogens with zero attached hydrogens (tertiary/aromatic N) is 2. The number of carbonyl (C=O) groups is 5. The molecule has 0 spiro atoms. The van der Waals surface area contributed by atoms with Crippen LogP contribution in [0.2, 0.25) is 0 Å². The van der Waals surface area contributed by atoms with E-state index in [4.69, 9.17) is 5.73 Å². The van der Waals surface area contributed by atoms with Gasteiger partial charge in [0.05, 0.1) is 17.5 Å². The van der Waals surface area contributed by atoms with Crippen molar-refractivity contribution in [2.24, 2.45) is 29.4 Å². The number of hydrogen-bond acceptors (Lipinski definition) is 9. The lowest BCUT2D eigenvalue weighted by Gasteiger charge is -2.52. The summed E-state index contributed by atoms with van der Waals surface area (Å²) in [6.07, 6.45) is -1.04. The SMILES string of the molecule is CN(C)[C@@H]1C(=O)C(C(N)=O)C(=O)[C@@]2(O)C(=O)C3C(=O)c4c(O)cc(CN5CC[C@H](F)C5)c(F)c4C[C@H]3C[C@@H]12. The van der Waals surface area contributed by atoms with Crippen LogP contribution in [0.3, 0.4) is 0 Å². The largest absolute Gasteiger partial charge is 0.507 e. The second-order valence-corrected chi connectivity index (χ2v) is 11.1. The Morgan fingerprint density at radius 1 is 1.24 bits per heavy atom. The summed E-state index contributed by atoms with van der Waals surface area (Å²) in [6.45, 7) is 0.560. The Bertz CT molecular complexity index is 1280. The number of aromatic hydroxyl groups is 1. The number of halogens is 2. The number of ketones is 4. The average Bonchev–Trinajstić information content (AvgIpc) is 3.23. The number of benzene rings is 1. The molecule has 3 fully saturated rings. The summed E-state index contributed by atoms with van der Waals surface area (Å²) < 4.78 is 29.3. The van der Waals surface area contributed by atoms with Crippen LogP contribution in [0.1, 0.15) is 34.3 Å². The molecule has 10 nitrogen and oxygen atoms in total. The maximum atomic E-state index is 15.7. The van der Waals surface area contributed by atoms with E-state index in [2.05, 4.69) is 0 Å². The smallest absolute Gasteiger partial charge is 0.235 e. The fourth-order valence-electron chi connectivity index (χ4n) is 6.99.